The molecule has 5 unspecified atom stereocenters. The standard InChI is InChI=1S/C24H48O11/c1-2-3-4-5-6-7-8-9-10-11-23(30)35-21(13-26)17-32-14-20(28)15-33-18-22(29)24(31)34-16-19(27)12-25/h19-22,24-29,31H,2-18H2,1H3. The van der Waals surface area contributed by atoms with Crippen molar-refractivity contribution in [3.63, 3.8) is 0 Å². The topological polar surface area (TPSA) is 175 Å². The van der Waals surface area contributed by atoms with Crippen molar-refractivity contribution in [2.75, 3.05) is 46.2 Å². The fourth-order valence-corrected chi connectivity index (χ4v) is 3.11. The molecule has 6 N–H and O–H groups in total. The number of hydrogen-bond donors (Lipinski definition) is 6. The fraction of sp³-hybridized carbons (Fsp3) is 0.958. The minimum absolute atomic E-state index is 0.0839. The van der Waals surface area contributed by atoms with Crippen molar-refractivity contribution in [1.82, 2.24) is 0 Å². The minimum atomic E-state index is -1.62. The van der Waals surface area contributed by atoms with Crippen molar-refractivity contribution in [1.29, 1.82) is 0 Å². The Balaban J connectivity index is 3.81. The second-order valence-corrected chi connectivity index (χ2v) is 8.73. The lowest BCUT2D eigenvalue weighted by Crippen LogP contribution is -2.36. The summed E-state index contributed by atoms with van der Waals surface area (Å²) in [6.07, 6.45) is 4.53. The van der Waals surface area contributed by atoms with Crippen molar-refractivity contribution < 1.29 is 54.4 Å². The molecule has 11 heteroatoms. The van der Waals surface area contributed by atoms with E-state index < -0.39 is 43.9 Å². The third-order valence-electron chi connectivity index (χ3n) is 5.20. The molecule has 0 radical (unpaired) electrons. The van der Waals surface area contributed by atoms with Crippen LogP contribution in [0.4, 0.5) is 0 Å². The molecular formula is C24H48O11. The maximum Gasteiger partial charge on any atom is 0.306 e. The summed E-state index contributed by atoms with van der Waals surface area (Å²) in [6, 6.07) is 0. The molecule has 0 fully saturated rings. The summed E-state index contributed by atoms with van der Waals surface area (Å²) >= 11 is 0. The van der Waals surface area contributed by atoms with Crippen LogP contribution in [0.25, 0.3) is 0 Å². The molecule has 0 aliphatic carbocycles. The Labute approximate surface area is 209 Å². The van der Waals surface area contributed by atoms with Gasteiger partial charge in [-0.15, -0.1) is 0 Å². The summed E-state index contributed by atoms with van der Waals surface area (Å²) in [6.45, 7) is 0.120. The number of aliphatic hydroxyl groups is 6. The fourth-order valence-electron chi connectivity index (χ4n) is 3.11. The summed E-state index contributed by atoms with van der Waals surface area (Å²) in [4.78, 5) is 11.9. The van der Waals surface area contributed by atoms with E-state index in [1.165, 1.54) is 38.5 Å². The zero-order valence-electron chi connectivity index (χ0n) is 21.1. The van der Waals surface area contributed by atoms with E-state index in [2.05, 4.69) is 6.92 Å². The van der Waals surface area contributed by atoms with Gasteiger partial charge in [0.15, 0.2) is 6.29 Å². The molecule has 0 aromatic heterocycles. The molecule has 0 heterocycles. The van der Waals surface area contributed by atoms with Crippen LogP contribution >= 0.6 is 0 Å². The van der Waals surface area contributed by atoms with Crippen molar-refractivity contribution in [3.05, 3.63) is 0 Å². The first kappa shape index (κ1) is 34.1. The van der Waals surface area contributed by atoms with Gasteiger partial charge in [0.05, 0.1) is 46.2 Å². The molecule has 0 saturated heterocycles. The molecule has 0 amide bonds. The van der Waals surface area contributed by atoms with Crippen LogP contribution < -0.4 is 0 Å². The molecular weight excluding hydrogens is 464 g/mol. The first-order chi connectivity index (χ1) is 16.8. The number of hydrogen-bond acceptors (Lipinski definition) is 11. The van der Waals surface area contributed by atoms with Crippen molar-refractivity contribution in [2.45, 2.75) is 102 Å². The average molecular weight is 513 g/mol. The summed E-state index contributed by atoms with van der Waals surface area (Å²) in [5.41, 5.74) is 0. The van der Waals surface area contributed by atoms with Gasteiger partial charge >= 0.3 is 5.97 Å². The van der Waals surface area contributed by atoms with Crippen LogP contribution in [0.1, 0.15) is 71.1 Å². The lowest BCUT2D eigenvalue weighted by molar-refractivity contribution is -0.191. The number of unbranched alkanes of at least 4 members (excludes halogenated alkanes) is 8. The van der Waals surface area contributed by atoms with E-state index in [4.69, 9.17) is 29.2 Å². The monoisotopic (exact) mass is 512 g/mol. The highest BCUT2D eigenvalue weighted by Gasteiger charge is 2.19. The number of carbonyl (C=O) groups excluding carboxylic acids is 1. The minimum Gasteiger partial charge on any atom is -0.457 e. The molecule has 35 heavy (non-hydrogen) atoms. The first-order valence-electron chi connectivity index (χ1n) is 12.7. The summed E-state index contributed by atoms with van der Waals surface area (Å²) in [7, 11) is 0. The smallest absolute Gasteiger partial charge is 0.306 e. The summed E-state index contributed by atoms with van der Waals surface area (Å²) < 4.78 is 20.3. The van der Waals surface area contributed by atoms with Gasteiger partial charge in [-0.25, -0.2) is 0 Å². The Hall–Kier alpha value is -0.890. The highest BCUT2D eigenvalue weighted by atomic mass is 16.6. The van der Waals surface area contributed by atoms with Crippen LogP contribution in [0.5, 0.6) is 0 Å². The van der Waals surface area contributed by atoms with Crippen LogP contribution in [0.15, 0.2) is 0 Å². The highest BCUT2D eigenvalue weighted by molar-refractivity contribution is 5.69. The largest absolute Gasteiger partial charge is 0.457 e. The number of ether oxygens (including phenoxy) is 4. The van der Waals surface area contributed by atoms with E-state index >= 15 is 0 Å². The molecule has 0 aromatic carbocycles. The quantitative estimate of drug-likeness (QED) is 0.0562. The van der Waals surface area contributed by atoms with Crippen molar-refractivity contribution in [3.8, 4) is 0 Å². The number of rotatable bonds is 25. The Morgan fingerprint density at radius 3 is 1.83 bits per heavy atom. The average Bonchev–Trinajstić information content (AvgIpc) is 2.85. The van der Waals surface area contributed by atoms with Gasteiger partial charge in [-0.2, -0.15) is 0 Å². The van der Waals surface area contributed by atoms with E-state index in [1.807, 2.05) is 0 Å². The molecule has 0 bridgehead atoms. The Morgan fingerprint density at radius 1 is 0.686 bits per heavy atom. The number of esters is 1. The molecule has 11 nitrogen and oxygen atoms in total. The maximum atomic E-state index is 11.9. The van der Waals surface area contributed by atoms with Crippen LogP contribution in [-0.4, -0.2) is 114 Å². The van der Waals surface area contributed by atoms with Gasteiger partial charge in [0.1, 0.15) is 24.4 Å². The second kappa shape index (κ2) is 23.5. The molecule has 0 aliphatic heterocycles. The van der Waals surface area contributed by atoms with Gasteiger partial charge in [-0.3, -0.25) is 4.79 Å². The molecule has 5 atom stereocenters. The predicted molar refractivity (Wildman–Crippen MR) is 128 cm³/mol. The van der Waals surface area contributed by atoms with Crippen LogP contribution in [0, 0.1) is 0 Å². The van der Waals surface area contributed by atoms with Gasteiger partial charge in [0.2, 0.25) is 0 Å². The van der Waals surface area contributed by atoms with Crippen molar-refractivity contribution in [2.24, 2.45) is 0 Å². The van der Waals surface area contributed by atoms with Crippen molar-refractivity contribution >= 4 is 5.97 Å². The van der Waals surface area contributed by atoms with E-state index in [0.717, 1.165) is 19.3 Å². The Kier molecular flexibility index (Phi) is 22.9. The molecule has 210 valence electrons. The van der Waals surface area contributed by atoms with Gasteiger partial charge in [0.25, 0.3) is 0 Å². The van der Waals surface area contributed by atoms with Gasteiger partial charge in [0, 0.05) is 6.42 Å². The van der Waals surface area contributed by atoms with Gasteiger partial charge in [-0.1, -0.05) is 58.3 Å². The molecule has 0 saturated carbocycles. The van der Waals surface area contributed by atoms with Crippen LogP contribution in [0.3, 0.4) is 0 Å². The first-order valence-corrected chi connectivity index (χ1v) is 12.7. The second-order valence-electron chi connectivity index (χ2n) is 8.73. The SMILES string of the molecule is CCCCCCCCCCCC(=O)OC(CO)COCC(O)COCC(O)C(O)OCC(O)CO. The molecule has 0 rings (SSSR count). The molecule has 0 aromatic rings. The zero-order chi connectivity index (χ0) is 26.3. The maximum absolute atomic E-state index is 11.9. The number of carbonyl (C=O) groups is 1. The Morgan fingerprint density at radius 2 is 1.26 bits per heavy atom. The molecule has 0 aliphatic rings. The summed E-state index contributed by atoms with van der Waals surface area (Å²) in [5, 5.41) is 56.3. The van der Waals surface area contributed by atoms with E-state index in [-0.39, 0.29) is 39.0 Å². The van der Waals surface area contributed by atoms with Gasteiger partial charge in [-0.05, 0) is 6.42 Å². The molecule has 0 spiro atoms. The normalized spacial score (nSPS) is 16.0. The Bertz CT molecular complexity index is 480. The predicted octanol–water partition coefficient (Wildman–Crippen LogP) is 0.255. The lowest BCUT2D eigenvalue weighted by atomic mass is 10.1. The van der Waals surface area contributed by atoms with Crippen LogP contribution in [0.2, 0.25) is 0 Å². The van der Waals surface area contributed by atoms with Crippen LogP contribution in [-0.2, 0) is 23.7 Å². The highest BCUT2D eigenvalue weighted by Crippen LogP contribution is 2.11. The third-order valence-corrected chi connectivity index (χ3v) is 5.20. The van der Waals surface area contributed by atoms with E-state index in [0.29, 0.717) is 6.42 Å². The third kappa shape index (κ3) is 20.9. The van der Waals surface area contributed by atoms with E-state index in [1.54, 1.807) is 0 Å². The lowest BCUT2D eigenvalue weighted by Gasteiger charge is -2.20. The van der Waals surface area contributed by atoms with E-state index in [9.17, 15) is 25.2 Å². The van der Waals surface area contributed by atoms with Gasteiger partial charge < -0.3 is 49.6 Å². The summed E-state index contributed by atoms with van der Waals surface area (Å²) in [5.74, 6) is -0.388. The number of aliphatic hydroxyl groups excluding tert-OH is 6. The zero-order valence-corrected chi connectivity index (χ0v) is 21.1.